The summed E-state index contributed by atoms with van der Waals surface area (Å²) in [4.78, 5) is 15.4. The Morgan fingerprint density at radius 3 is 2.08 bits per heavy atom. The number of hydrogen-bond donors (Lipinski definition) is 0. The smallest absolute Gasteiger partial charge is 0.254 e. The molecule has 3 rings (SSSR count). The molecule has 40 heavy (non-hydrogen) atoms. The van der Waals surface area contributed by atoms with Crippen LogP contribution in [0.1, 0.15) is 56.0 Å². The number of amides is 1. The van der Waals surface area contributed by atoms with E-state index in [1.165, 1.54) is 21.3 Å². The van der Waals surface area contributed by atoms with E-state index in [1.807, 2.05) is 24.3 Å². The maximum Gasteiger partial charge on any atom is 0.254 e. The minimum Gasteiger partial charge on any atom is -0.748 e. The van der Waals surface area contributed by atoms with Gasteiger partial charge in [0.2, 0.25) is 14.1 Å². The van der Waals surface area contributed by atoms with Gasteiger partial charge in [0.25, 0.3) is 5.91 Å². The van der Waals surface area contributed by atoms with Gasteiger partial charge in [-0.05, 0) is 67.2 Å². The summed E-state index contributed by atoms with van der Waals surface area (Å²) < 4.78 is 56.8. The number of ether oxygens (including phenoxy) is 3. The Bertz CT molecular complexity index is 1280. The highest BCUT2D eigenvalue weighted by molar-refractivity contribution is 7.85. The molecule has 2 aromatic rings. The van der Waals surface area contributed by atoms with Crippen LogP contribution in [-0.4, -0.2) is 72.3 Å². The molecule has 1 amide bonds. The molecule has 2 aromatic carbocycles. The van der Waals surface area contributed by atoms with E-state index in [9.17, 15) is 17.8 Å². The van der Waals surface area contributed by atoms with Crippen LogP contribution < -0.4 is 18.6 Å². The lowest BCUT2D eigenvalue weighted by atomic mass is 9.76. The molecular weight excluding hydrogens is 550 g/mol. The van der Waals surface area contributed by atoms with E-state index in [1.54, 1.807) is 17.0 Å². The number of carbonyl (C=O) groups excluding carboxylic acids is 1. The van der Waals surface area contributed by atoms with Crippen LogP contribution in [0.25, 0.3) is 0 Å². The van der Waals surface area contributed by atoms with Crippen molar-refractivity contribution in [2.24, 2.45) is 0 Å². The van der Waals surface area contributed by atoms with Gasteiger partial charge < -0.3 is 28.1 Å². The van der Waals surface area contributed by atoms with Crippen LogP contribution in [0.15, 0.2) is 36.4 Å². The van der Waals surface area contributed by atoms with Crippen molar-refractivity contribution in [3.8, 4) is 23.0 Å². The van der Waals surface area contributed by atoms with Gasteiger partial charge in [0.1, 0.15) is 5.75 Å². The predicted molar refractivity (Wildman–Crippen MR) is 156 cm³/mol. The van der Waals surface area contributed by atoms with Gasteiger partial charge >= 0.3 is 0 Å². The standard InChI is InChI=1S/C29H43NO8SSi/c1-28(2,3)40(7,8)38-23-12-10-22(11-13-23)29(14-9-17-39(32,33)34)15-16-30(20-29)27(31)21-18-24(35-4)26(37-6)25(19-21)36-5/h10-13,18-19H,9,14-17,20H2,1-8H3,(H,32,33,34)/p-1. The first-order valence-electron chi connectivity index (χ1n) is 13.4. The van der Waals surface area contributed by atoms with E-state index < -0.39 is 29.6 Å². The number of benzene rings is 2. The molecule has 0 aromatic heterocycles. The number of rotatable bonds is 11. The monoisotopic (exact) mass is 592 g/mol. The van der Waals surface area contributed by atoms with Gasteiger partial charge in [-0.3, -0.25) is 4.79 Å². The molecule has 0 N–H and O–H groups in total. The predicted octanol–water partition coefficient (Wildman–Crippen LogP) is 5.21. The van der Waals surface area contributed by atoms with E-state index in [0.29, 0.717) is 48.7 Å². The van der Waals surface area contributed by atoms with Gasteiger partial charge in [0.15, 0.2) is 11.5 Å². The van der Waals surface area contributed by atoms with Gasteiger partial charge in [-0.15, -0.1) is 0 Å². The van der Waals surface area contributed by atoms with Crippen molar-refractivity contribution >= 4 is 24.3 Å². The van der Waals surface area contributed by atoms with Crippen molar-refractivity contribution in [2.45, 2.75) is 63.6 Å². The quantitative estimate of drug-likeness (QED) is 0.258. The third-order valence-corrected chi connectivity index (χ3v) is 13.4. The molecule has 1 fully saturated rings. The van der Waals surface area contributed by atoms with Crippen LogP contribution in [0.5, 0.6) is 23.0 Å². The highest BCUT2D eigenvalue weighted by atomic mass is 32.2. The van der Waals surface area contributed by atoms with Crippen LogP contribution >= 0.6 is 0 Å². The second kappa shape index (κ2) is 12.0. The molecule has 222 valence electrons. The highest BCUT2D eigenvalue weighted by Gasteiger charge is 2.42. The Kier molecular flexibility index (Phi) is 9.53. The molecule has 1 aliphatic heterocycles. The molecule has 1 atom stereocenters. The van der Waals surface area contributed by atoms with E-state index in [2.05, 4.69) is 33.9 Å². The molecule has 11 heteroatoms. The van der Waals surface area contributed by atoms with Gasteiger partial charge in [-0.25, -0.2) is 8.42 Å². The zero-order valence-electron chi connectivity index (χ0n) is 24.8. The van der Waals surface area contributed by atoms with Crippen LogP contribution in [0.3, 0.4) is 0 Å². The van der Waals surface area contributed by atoms with E-state index in [-0.39, 0.29) is 17.4 Å². The Labute approximate surface area is 239 Å². The van der Waals surface area contributed by atoms with Crippen LogP contribution in [0.2, 0.25) is 18.1 Å². The van der Waals surface area contributed by atoms with Crippen molar-refractivity contribution in [1.82, 2.24) is 4.90 Å². The molecule has 1 heterocycles. The average molecular weight is 593 g/mol. The normalized spacial score (nSPS) is 18.0. The lowest BCUT2D eigenvalue weighted by Gasteiger charge is -2.36. The first-order valence-corrected chi connectivity index (χ1v) is 17.9. The molecule has 0 spiro atoms. The molecule has 1 unspecified atom stereocenters. The Morgan fingerprint density at radius 1 is 1.02 bits per heavy atom. The van der Waals surface area contributed by atoms with Crippen molar-refractivity contribution in [1.29, 1.82) is 0 Å². The molecular formula is C29H42NO8SSi-. The van der Waals surface area contributed by atoms with Crippen molar-refractivity contribution in [2.75, 3.05) is 40.2 Å². The minimum absolute atomic E-state index is 0.0514. The second-order valence-electron chi connectivity index (χ2n) is 11.9. The van der Waals surface area contributed by atoms with Gasteiger partial charge in [-0.2, -0.15) is 0 Å². The van der Waals surface area contributed by atoms with Crippen molar-refractivity contribution in [3.05, 3.63) is 47.5 Å². The first kappa shape index (κ1) is 31.8. The molecule has 0 bridgehead atoms. The highest BCUT2D eigenvalue weighted by Crippen LogP contribution is 2.43. The zero-order valence-corrected chi connectivity index (χ0v) is 26.6. The second-order valence-corrected chi connectivity index (χ2v) is 18.2. The largest absolute Gasteiger partial charge is 0.748 e. The fourth-order valence-corrected chi connectivity index (χ4v) is 6.46. The summed E-state index contributed by atoms with van der Waals surface area (Å²) in [5, 5.41) is 0.0514. The summed E-state index contributed by atoms with van der Waals surface area (Å²) in [7, 11) is -1.88. The summed E-state index contributed by atoms with van der Waals surface area (Å²) in [6, 6.07) is 11.2. The fourth-order valence-electron chi connectivity index (χ4n) is 4.93. The molecule has 1 aliphatic rings. The third kappa shape index (κ3) is 7.11. The Hall–Kier alpha value is -2.76. The summed E-state index contributed by atoms with van der Waals surface area (Å²) in [6.45, 7) is 11.8. The van der Waals surface area contributed by atoms with Crippen LogP contribution in [0.4, 0.5) is 0 Å². The molecule has 9 nitrogen and oxygen atoms in total. The van der Waals surface area contributed by atoms with Gasteiger partial charge in [-0.1, -0.05) is 32.9 Å². The number of hydrogen-bond acceptors (Lipinski definition) is 8. The van der Waals surface area contributed by atoms with Gasteiger partial charge in [0.05, 0.1) is 31.4 Å². The minimum atomic E-state index is -4.35. The summed E-state index contributed by atoms with van der Waals surface area (Å²) >= 11 is 0. The van der Waals surface area contributed by atoms with E-state index in [4.69, 9.17) is 18.6 Å². The summed E-state index contributed by atoms with van der Waals surface area (Å²) in [6.07, 6.45) is 1.29. The SMILES string of the molecule is COc1cc(C(=O)N2CCC(CCCS(=O)(=O)[O-])(c3ccc(O[Si](C)(C)C(C)(C)C)cc3)C2)cc(OC)c1OC. The molecule has 0 saturated carbocycles. The average Bonchev–Trinajstić information content (AvgIpc) is 3.31. The molecule has 0 radical (unpaired) electrons. The molecule has 0 aliphatic carbocycles. The van der Waals surface area contributed by atoms with Crippen LogP contribution in [-0.2, 0) is 15.5 Å². The number of likely N-dealkylation sites (tertiary alicyclic amines) is 1. The van der Waals surface area contributed by atoms with Crippen LogP contribution in [0, 0.1) is 0 Å². The van der Waals surface area contributed by atoms with E-state index >= 15 is 0 Å². The number of nitrogens with zero attached hydrogens (tertiary/aromatic N) is 1. The Morgan fingerprint density at radius 2 is 1.60 bits per heavy atom. The fraction of sp³-hybridized carbons (Fsp3) is 0.552. The topological polar surface area (TPSA) is 114 Å². The lowest BCUT2D eigenvalue weighted by molar-refractivity contribution is 0.0781. The summed E-state index contributed by atoms with van der Waals surface area (Å²) in [5.41, 5.74) is 0.875. The zero-order chi connectivity index (χ0) is 29.9. The summed E-state index contributed by atoms with van der Waals surface area (Å²) in [5.74, 6) is 1.31. The number of carbonyl (C=O) groups is 1. The van der Waals surface area contributed by atoms with Crippen molar-refractivity contribution < 1.29 is 36.4 Å². The third-order valence-electron chi connectivity index (χ3n) is 8.25. The van der Waals surface area contributed by atoms with Crippen molar-refractivity contribution in [3.63, 3.8) is 0 Å². The maximum absolute atomic E-state index is 13.7. The maximum atomic E-state index is 13.7. The lowest BCUT2D eigenvalue weighted by Crippen LogP contribution is -2.43. The van der Waals surface area contributed by atoms with E-state index in [0.717, 1.165) is 11.3 Å². The first-order chi connectivity index (χ1) is 18.6. The molecule has 1 saturated heterocycles. The van der Waals surface area contributed by atoms with Gasteiger partial charge in [0, 0.05) is 29.8 Å². The number of methoxy groups -OCH3 is 3. The Balaban J connectivity index is 1.91.